The van der Waals surface area contributed by atoms with Crippen LogP contribution in [0.15, 0.2) is 39.5 Å². The van der Waals surface area contributed by atoms with Crippen molar-refractivity contribution >= 4 is 39.4 Å². The van der Waals surface area contributed by atoms with Crippen molar-refractivity contribution in [2.45, 2.75) is 20.4 Å². The van der Waals surface area contributed by atoms with Gasteiger partial charge in [0.05, 0.1) is 11.3 Å². The Hall–Kier alpha value is -2.19. The Morgan fingerprint density at radius 1 is 1.28 bits per heavy atom. The van der Waals surface area contributed by atoms with E-state index in [1.54, 1.807) is 0 Å². The molecule has 0 spiro atoms. The van der Waals surface area contributed by atoms with Gasteiger partial charge in [-0.3, -0.25) is 4.79 Å². The van der Waals surface area contributed by atoms with Crippen molar-refractivity contribution < 1.29 is 9.90 Å². The molecule has 0 saturated heterocycles. The molecule has 1 aliphatic rings. The van der Waals surface area contributed by atoms with Crippen LogP contribution in [-0.4, -0.2) is 51.0 Å². The molecule has 7 nitrogen and oxygen atoms in total. The summed E-state index contributed by atoms with van der Waals surface area (Å²) < 4.78 is 1.86. The molecule has 0 unspecified atom stereocenters. The lowest BCUT2D eigenvalue weighted by atomic mass is 10.2. The highest BCUT2D eigenvalue weighted by Crippen LogP contribution is 2.39. The number of amidine groups is 1. The smallest absolute Gasteiger partial charge is 0.258 e. The molecule has 0 atom stereocenters. The molecular weight excluding hydrogens is 338 g/mol. The minimum atomic E-state index is -0.204. The highest BCUT2D eigenvalue weighted by molar-refractivity contribution is 8.14. The highest BCUT2D eigenvalue weighted by Gasteiger charge is 2.18. The van der Waals surface area contributed by atoms with Gasteiger partial charge in [-0.1, -0.05) is 43.8 Å². The van der Waals surface area contributed by atoms with Crippen LogP contribution in [0.25, 0.3) is 10.9 Å². The van der Waals surface area contributed by atoms with Crippen LogP contribution in [0.1, 0.15) is 13.8 Å². The zero-order valence-electron chi connectivity index (χ0n) is 14.3. The number of para-hydroxylation sites is 1. The van der Waals surface area contributed by atoms with Crippen molar-refractivity contribution in [2.75, 3.05) is 25.4 Å². The lowest BCUT2D eigenvalue weighted by molar-refractivity contribution is -0.115. The van der Waals surface area contributed by atoms with Crippen LogP contribution in [0.4, 0.5) is 5.69 Å². The number of likely N-dealkylation sites (N-methyl/N-ethyl adjacent to an activating group) is 1. The van der Waals surface area contributed by atoms with E-state index in [0.717, 1.165) is 30.5 Å². The number of amides is 1. The minimum absolute atomic E-state index is 0.0898. The first-order chi connectivity index (χ1) is 12.1. The molecule has 0 fully saturated rings. The fourth-order valence-corrected chi connectivity index (χ4v) is 3.40. The van der Waals surface area contributed by atoms with Crippen LogP contribution in [0.3, 0.4) is 0 Å². The van der Waals surface area contributed by atoms with Gasteiger partial charge in [0.25, 0.3) is 5.91 Å². The molecule has 132 valence electrons. The summed E-state index contributed by atoms with van der Waals surface area (Å²) in [6.07, 6.45) is 0. The van der Waals surface area contributed by atoms with Crippen LogP contribution in [-0.2, 0) is 11.3 Å². The molecule has 25 heavy (non-hydrogen) atoms. The number of thioether (sulfide) groups is 1. The predicted molar refractivity (Wildman–Crippen MR) is 101 cm³/mol. The fraction of sp³-hybridized carbons (Fsp3) is 0.412. The van der Waals surface area contributed by atoms with Gasteiger partial charge < -0.3 is 14.6 Å². The third-order valence-corrected chi connectivity index (χ3v) is 5.05. The molecule has 1 amide bonds. The average Bonchev–Trinajstić information content (AvgIpc) is 3.15. The zero-order chi connectivity index (χ0) is 17.8. The summed E-state index contributed by atoms with van der Waals surface area (Å²) in [7, 11) is 0. The van der Waals surface area contributed by atoms with Crippen molar-refractivity contribution in [1.82, 2.24) is 9.47 Å². The summed E-state index contributed by atoms with van der Waals surface area (Å²) in [4.78, 5) is 17.3. The second-order valence-corrected chi connectivity index (χ2v) is 6.59. The van der Waals surface area contributed by atoms with Crippen LogP contribution in [0, 0.1) is 0 Å². The molecular formula is C17H21N5O2S. The Kier molecular flexibility index (Phi) is 5.50. The molecule has 2 heterocycles. The minimum Gasteiger partial charge on any atom is -0.493 e. The lowest BCUT2D eigenvalue weighted by Crippen LogP contribution is -2.26. The molecule has 8 heteroatoms. The van der Waals surface area contributed by atoms with Gasteiger partial charge in [0.1, 0.15) is 0 Å². The molecule has 0 saturated carbocycles. The first kappa shape index (κ1) is 17.6. The molecule has 2 aromatic rings. The maximum atomic E-state index is 11.2. The quantitative estimate of drug-likeness (QED) is 0.801. The average molecular weight is 359 g/mol. The Bertz CT molecular complexity index is 839. The van der Waals surface area contributed by atoms with Crippen molar-refractivity contribution in [1.29, 1.82) is 0 Å². The van der Waals surface area contributed by atoms with Crippen molar-refractivity contribution in [3.8, 4) is 5.88 Å². The molecule has 0 radical (unpaired) electrons. The van der Waals surface area contributed by atoms with Gasteiger partial charge in [0, 0.05) is 18.5 Å². The molecule has 1 aromatic carbocycles. The third-order valence-electron chi connectivity index (χ3n) is 4.23. The molecule has 1 aliphatic heterocycles. The summed E-state index contributed by atoms with van der Waals surface area (Å²) in [5.41, 5.74) is 1.33. The number of fused-ring (bicyclic) bond motifs is 1. The predicted octanol–water partition coefficient (Wildman–Crippen LogP) is 3.40. The van der Waals surface area contributed by atoms with E-state index in [1.165, 1.54) is 11.8 Å². The van der Waals surface area contributed by atoms with Gasteiger partial charge in [0.15, 0.2) is 5.69 Å². The largest absolute Gasteiger partial charge is 0.493 e. The molecule has 0 aliphatic carbocycles. The Morgan fingerprint density at radius 3 is 2.72 bits per heavy atom. The van der Waals surface area contributed by atoms with Crippen LogP contribution in [0.2, 0.25) is 0 Å². The van der Waals surface area contributed by atoms with E-state index < -0.39 is 0 Å². The number of rotatable bonds is 6. The normalized spacial score (nSPS) is 15.0. The summed E-state index contributed by atoms with van der Waals surface area (Å²) >= 11 is 1.25. The summed E-state index contributed by atoms with van der Waals surface area (Å²) in [5, 5.41) is 20.0. The van der Waals surface area contributed by atoms with Gasteiger partial charge in [-0.05, 0) is 19.2 Å². The number of aliphatic imine (C=N–C) groups is 1. The number of hydrogen-bond acceptors (Lipinski definition) is 6. The first-order valence-electron chi connectivity index (χ1n) is 8.32. The van der Waals surface area contributed by atoms with E-state index >= 15 is 0 Å². The number of aromatic hydroxyl groups is 1. The van der Waals surface area contributed by atoms with Crippen LogP contribution in [0.5, 0.6) is 5.88 Å². The Balaban J connectivity index is 1.93. The van der Waals surface area contributed by atoms with E-state index in [0.29, 0.717) is 23.2 Å². The molecule has 3 rings (SSSR count). The molecule has 1 aromatic heterocycles. The maximum Gasteiger partial charge on any atom is 0.258 e. The molecule has 1 N–H and O–H groups in total. The molecule has 0 bridgehead atoms. The van der Waals surface area contributed by atoms with Crippen LogP contribution >= 0.6 is 11.8 Å². The number of hydrogen-bond donors (Lipinski definition) is 1. The van der Waals surface area contributed by atoms with Gasteiger partial charge in [0.2, 0.25) is 11.0 Å². The number of benzene rings is 1. The number of nitrogens with zero attached hydrogens (tertiary/aromatic N) is 5. The van der Waals surface area contributed by atoms with E-state index in [1.807, 2.05) is 28.8 Å². The SMILES string of the molecule is CCN(CC)CCn1c(O)c(N=NC2=NC(=O)CS2)c2ccccc21. The number of carbonyl (C=O) groups excluding carboxylic acids is 1. The zero-order valence-corrected chi connectivity index (χ0v) is 15.2. The first-order valence-corrected chi connectivity index (χ1v) is 9.31. The number of aromatic nitrogens is 1. The van der Waals surface area contributed by atoms with Gasteiger partial charge in [-0.2, -0.15) is 4.99 Å². The monoisotopic (exact) mass is 359 g/mol. The van der Waals surface area contributed by atoms with Crippen LogP contribution < -0.4 is 0 Å². The number of carbonyl (C=O) groups is 1. The van der Waals surface area contributed by atoms with Gasteiger partial charge >= 0.3 is 0 Å². The third kappa shape index (κ3) is 3.74. The maximum absolute atomic E-state index is 11.2. The number of azo groups is 1. The fourth-order valence-electron chi connectivity index (χ4n) is 2.82. The summed E-state index contributed by atoms with van der Waals surface area (Å²) in [6, 6.07) is 7.71. The van der Waals surface area contributed by atoms with E-state index in [-0.39, 0.29) is 11.8 Å². The van der Waals surface area contributed by atoms with E-state index in [2.05, 4.69) is 34.0 Å². The van der Waals surface area contributed by atoms with Gasteiger partial charge in [-0.15, -0.1) is 10.2 Å². The summed E-state index contributed by atoms with van der Waals surface area (Å²) in [6.45, 7) is 7.68. The van der Waals surface area contributed by atoms with Gasteiger partial charge in [-0.25, -0.2) is 0 Å². The van der Waals surface area contributed by atoms with Crippen molar-refractivity contribution in [3.63, 3.8) is 0 Å². The van der Waals surface area contributed by atoms with Crippen molar-refractivity contribution in [3.05, 3.63) is 24.3 Å². The summed E-state index contributed by atoms with van der Waals surface area (Å²) in [5.74, 6) is 0.184. The van der Waals surface area contributed by atoms with E-state index in [9.17, 15) is 9.90 Å². The second kappa shape index (κ2) is 7.79. The second-order valence-electron chi connectivity index (χ2n) is 5.64. The topological polar surface area (TPSA) is 82.5 Å². The Labute approximate surface area is 150 Å². The lowest BCUT2D eigenvalue weighted by Gasteiger charge is -2.18. The Morgan fingerprint density at radius 2 is 2.04 bits per heavy atom. The van der Waals surface area contributed by atoms with E-state index in [4.69, 9.17) is 0 Å². The van der Waals surface area contributed by atoms with Crippen molar-refractivity contribution in [2.24, 2.45) is 15.2 Å². The highest BCUT2D eigenvalue weighted by atomic mass is 32.2. The standard InChI is InChI=1S/C17H21N5O2S/c1-3-21(4-2)9-10-22-13-8-6-5-7-12(13)15(16(22)24)19-20-17-18-14(23)11-25-17/h5-8,24H,3-4,9-11H2,1-2H3.